The van der Waals surface area contributed by atoms with Crippen LogP contribution >= 0.6 is 0 Å². The molecule has 3 aromatic rings. The number of ketones is 1. The van der Waals surface area contributed by atoms with E-state index in [1.54, 1.807) is 29.2 Å². The Morgan fingerprint density at radius 2 is 1.71 bits per heavy atom. The van der Waals surface area contributed by atoms with Crippen molar-refractivity contribution in [1.29, 1.82) is 0 Å². The zero-order chi connectivity index (χ0) is 35.8. The van der Waals surface area contributed by atoms with E-state index < -0.39 is 29.7 Å². The zero-order valence-electron chi connectivity index (χ0n) is 29.2. The van der Waals surface area contributed by atoms with Gasteiger partial charge in [0, 0.05) is 24.9 Å². The molecule has 4 aliphatic rings. The van der Waals surface area contributed by atoms with Crippen LogP contribution in [0.4, 0.5) is 17.4 Å². The summed E-state index contributed by atoms with van der Waals surface area (Å²) < 4.78 is 5.89. The predicted molar refractivity (Wildman–Crippen MR) is 193 cm³/mol. The summed E-state index contributed by atoms with van der Waals surface area (Å²) in [7, 11) is 0. The first-order chi connectivity index (χ1) is 24.6. The monoisotopic (exact) mass is 694 g/mol. The van der Waals surface area contributed by atoms with E-state index in [9.17, 15) is 24.0 Å². The van der Waals surface area contributed by atoms with Gasteiger partial charge in [-0.3, -0.25) is 24.0 Å². The number of aromatic nitrogens is 1. The molecule has 4 N–H and O–H groups in total. The summed E-state index contributed by atoms with van der Waals surface area (Å²) in [5, 5.41) is 11.7. The van der Waals surface area contributed by atoms with Crippen molar-refractivity contribution < 1.29 is 28.4 Å². The van der Waals surface area contributed by atoms with Gasteiger partial charge in [0.15, 0.2) is 5.58 Å². The van der Waals surface area contributed by atoms with Crippen molar-refractivity contribution in [1.82, 2.24) is 15.2 Å². The molecule has 2 aliphatic heterocycles. The van der Waals surface area contributed by atoms with Gasteiger partial charge in [-0.2, -0.15) is 4.98 Å². The van der Waals surface area contributed by atoms with Crippen molar-refractivity contribution in [3.63, 3.8) is 0 Å². The molecule has 2 unspecified atom stereocenters. The summed E-state index contributed by atoms with van der Waals surface area (Å²) in [6.45, 7) is 4.61. The number of nitrogens with zero attached hydrogens (tertiary/aromatic N) is 2. The number of nitrogens with one attached hydrogen (secondary N) is 4. The summed E-state index contributed by atoms with van der Waals surface area (Å²) in [6, 6.07) is 12.7. The minimum atomic E-state index is -1.09. The molecule has 4 amide bonds. The highest BCUT2D eigenvalue weighted by Crippen LogP contribution is 2.78. The maximum atomic E-state index is 14.3. The quantitative estimate of drug-likeness (QED) is 0.196. The Kier molecular flexibility index (Phi) is 9.43. The minimum absolute atomic E-state index is 0.0162. The topological polar surface area (TPSA) is 163 Å². The molecule has 2 aliphatic carbocycles. The fraction of sp³-hybridized carbons (Fsp3) is 0.487. The number of amides is 4. The third-order valence-electron chi connectivity index (χ3n) is 11.4. The molecule has 268 valence electrons. The molecule has 51 heavy (non-hydrogen) atoms. The molecule has 12 nitrogen and oxygen atoms in total. The Bertz CT molecular complexity index is 1850. The van der Waals surface area contributed by atoms with Crippen LogP contribution in [-0.2, 0) is 24.0 Å². The van der Waals surface area contributed by atoms with Gasteiger partial charge in [0.2, 0.25) is 23.5 Å². The number of likely N-dealkylation sites (tertiary alicyclic amines) is 1. The van der Waals surface area contributed by atoms with E-state index in [1.807, 2.05) is 50.3 Å². The normalized spacial score (nSPS) is 26.0. The fourth-order valence-electron chi connectivity index (χ4n) is 8.40. The van der Waals surface area contributed by atoms with Crippen LogP contribution in [0.15, 0.2) is 65.1 Å². The highest BCUT2D eigenvalue weighted by Gasteiger charge is 2.76. The van der Waals surface area contributed by atoms with Crippen LogP contribution in [-0.4, -0.2) is 64.5 Å². The van der Waals surface area contributed by atoms with E-state index in [0.29, 0.717) is 48.3 Å². The molecule has 2 aromatic carbocycles. The molecule has 0 bridgehead atoms. The van der Waals surface area contributed by atoms with Gasteiger partial charge in [-0.25, -0.2) is 0 Å². The molecule has 1 aromatic heterocycles. The van der Waals surface area contributed by atoms with Crippen LogP contribution in [0.25, 0.3) is 11.1 Å². The van der Waals surface area contributed by atoms with E-state index in [2.05, 4.69) is 26.3 Å². The van der Waals surface area contributed by atoms with Crippen LogP contribution in [0.5, 0.6) is 0 Å². The van der Waals surface area contributed by atoms with Crippen LogP contribution in [0.1, 0.15) is 71.6 Å². The maximum Gasteiger partial charge on any atom is 0.296 e. The smallest absolute Gasteiger partial charge is 0.296 e. The first-order valence-electron chi connectivity index (χ1n) is 18.2. The Labute approximate surface area is 297 Å². The second-order valence-corrected chi connectivity index (χ2v) is 15.0. The maximum absolute atomic E-state index is 14.3. The second-order valence-electron chi connectivity index (χ2n) is 15.0. The van der Waals surface area contributed by atoms with Crippen LogP contribution in [0.2, 0.25) is 0 Å². The second kappa shape index (κ2) is 14.0. The molecule has 0 radical (unpaired) electrons. The molecular formula is C39H46N6O6. The molecule has 12 heteroatoms. The number of Topliss-reactive ketones (excluding diaryl/α,β-unsaturated/α-hetero) is 1. The van der Waals surface area contributed by atoms with Crippen molar-refractivity contribution in [3.8, 4) is 0 Å². The first kappa shape index (κ1) is 34.4. The number of benzene rings is 2. The Morgan fingerprint density at radius 3 is 2.41 bits per heavy atom. The lowest BCUT2D eigenvalue weighted by Gasteiger charge is -2.33. The number of allylic oxidation sites excluding steroid dienone is 1. The van der Waals surface area contributed by atoms with Gasteiger partial charge in [-0.1, -0.05) is 56.7 Å². The summed E-state index contributed by atoms with van der Waals surface area (Å²) in [5.74, 6) is -2.88. The number of hydrogen-bond donors (Lipinski definition) is 4. The highest BCUT2D eigenvalue weighted by molar-refractivity contribution is 6.43. The standard InChI is InChI=1S/C39H46N6O6/c1-24(2)32(44-37-43-28-15-10-11-17-30(28)51-37)36(50)45-21-25(39(23-45)22-38(39)19-12-20-38)34(48)42-29-16-6-4-3-5-7-18-31(46)40-26-13-8-9-14-27(26)41-35(49)33(29)47/h4,6,8-11,13-15,17,24-25,29,32H,3,5,7,12,16,18-23H2,1-2H3,(H,40,46)(H,41,49)(H,42,48)(H,43,44)/b6-4+/t25-,29-,32?,39?/m1/s1. The van der Waals surface area contributed by atoms with Crippen molar-refractivity contribution in [2.24, 2.45) is 22.7 Å². The first-order valence-corrected chi connectivity index (χ1v) is 18.2. The third kappa shape index (κ3) is 6.75. The van der Waals surface area contributed by atoms with Crippen molar-refractivity contribution in [3.05, 3.63) is 60.7 Å². The van der Waals surface area contributed by atoms with E-state index in [1.165, 1.54) is 0 Å². The molecule has 3 heterocycles. The largest absolute Gasteiger partial charge is 0.424 e. The van der Waals surface area contributed by atoms with Crippen LogP contribution < -0.4 is 21.3 Å². The molecular weight excluding hydrogens is 648 g/mol. The molecule has 7 rings (SSSR count). The Balaban J connectivity index is 1.10. The van der Waals surface area contributed by atoms with Crippen LogP contribution in [0, 0.1) is 22.7 Å². The van der Waals surface area contributed by atoms with Gasteiger partial charge in [0.05, 0.1) is 17.3 Å². The van der Waals surface area contributed by atoms with E-state index in [0.717, 1.165) is 32.1 Å². The number of hydrogen-bond acceptors (Lipinski definition) is 8. The third-order valence-corrected chi connectivity index (χ3v) is 11.4. The Morgan fingerprint density at radius 1 is 0.961 bits per heavy atom. The van der Waals surface area contributed by atoms with E-state index in [4.69, 9.17) is 4.42 Å². The predicted octanol–water partition coefficient (Wildman–Crippen LogP) is 5.43. The molecule has 4 atom stereocenters. The van der Waals surface area contributed by atoms with Crippen molar-refractivity contribution in [2.45, 2.75) is 83.7 Å². The van der Waals surface area contributed by atoms with Gasteiger partial charge in [0.1, 0.15) is 17.6 Å². The van der Waals surface area contributed by atoms with E-state index in [-0.39, 0.29) is 53.4 Å². The van der Waals surface area contributed by atoms with Crippen LogP contribution in [0.3, 0.4) is 0 Å². The number of carbonyl (C=O) groups is 5. The number of para-hydroxylation sites is 4. The van der Waals surface area contributed by atoms with Gasteiger partial charge < -0.3 is 30.6 Å². The van der Waals surface area contributed by atoms with E-state index >= 15 is 0 Å². The van der Waals surface area contributed by atoms with Crippen molar-refractivity contribution in [2.75, 3.05) is 29.0 Å². The average molecular weight is 695 g/mol. The number of fused-ring (bicyclic) bond motifs is 3. The highest BCUT2D eigenvalue weighted by atomic mass is 16.4. The Hall–Kier alpha value is -5.00. The van der Waals surface area contributed by atoms with Gasteiger partial charge >= 0.3 is 0 Å². The summed E-state index contributed by atoms with van der Waals surface area (Å²) in [6.07, 6.45) is 10.4. The number of carbonyl (C=O) groups excluding carboxylic acids is 5. The van der Waals surface area contributed by atoms with Gasteiger partial charge in [-0.05, 0) is 80.5 Å². The lowest BCUT2D eigenvalue weighted by atomic mass is 9.71. The molecule has 2 spiro atoms. The fourth-order valence-corrected chi connectivity index (χ4v) is 8.40. The van der Waals surface area contributed by atoms with Gasteiger partial charge in [0.25, 0.3) is 11.9 Å². The summed E-state index contributed by atoms with van der Waals surface area (Å²) in [5.41, 5.74) is 1.67. The molecule has 3 fully saturated rings. The molecule has 2 saturated carbocycles. The number of anilines is 3. The summed E-state index contributed by atoms with van der Waals surface area (Å²) in [4.78, 5) is 74.5. The minimum Gasteiger partial charge on any atom is -0.424 e. The van der Waals surface area contributed by atoms with Crippen molar-refractivity contribution >= 4 is 57.9 Å². The average Bonchev–Trinajstić information content (AvgIpc) is 3.37. The number of oxazole rings is 1. The molecule has 1 saturated heterocycles. The lowest BCUT2D eigenvalue weighted by Crippen LogP contribution is -2.49. The number of rotatable bonds is 6. The zero-order valence-corrected chi connectivity index (χ0v) is 29.2. The lowest BCUT2D eigenvalue weighted by molar-refractivity contribution is -0.138. The van der Waals surface area contributed by atoms with Gasteiger partial charge in [-0.15, -0.1) is 0 Å². The summed E-state index contributed by atoms with van der Waals surface area (Å²) >= 11 is 0. The SMILES string of the molecule is CC(C)C(Nc1nc2ccccc2o1)C(=O)N1C[C@H](C(=O)N[C@@H]2C/C=C/CCCCC(=O)Nc3ccccc3NC(=O)C2=O)C2(C1)CC21CCC1.